The van der Waals surface area contributed by atoms with Crippen molar-refractivity contribution in [1.82, 2.24) is 15.0 Å². The topological polar surface area (TPSA) is 65.0 Å². The lowest BCUT2D eigenvalue weighted by Gasteiger charge is -2.34. The third-order valence-electron chi connectivity index (χ3n) is 11.6. The van der Waals surface area contributed by atoms with Gasteiger partial charge in [0, 0.05) is 38.2 Å². The molecule has 0 aliphatic heterocycles. The van der Waals surface area contributed by atoms with E-state index in [1.54, 1.807) is 0 Å². The summed E-state index contributed by atoms with van der Waals surface area (Å²) in [5.41, 5.74) is 12.6. The van der Waals surface area contributed by atoms with Crippen LogP contribution in [0.15, 0.2) is 197 Å². The highest BCUT2D eigenvalue weighted by Crippen LogP contribution is 2.56. The molecule has 0 saturated carbocycles. The molecule has 1 aliphatic rings. The summed E-state index contributed by atoms with van der Waals surface area (Å²) >= 11 is 0. The zero-order valence-electron chi connectivity index (χ0n) is 30.6. The zero-order chi connectivity index (χ0) is 37.5. The first-order chi connectivity index (χ1) is 28.2. The van der Waals surface area contributed by atoms with E-state index in [2.05, 4.69) is 140 Å². The minimum atomic E-state index is -0.554. The van der Waals surface area contributed by atoms with Crippen LogP contribution in [0.4, 0.5) is 0 Å². The van der Waals surface area contributed by atoms with Gasteiger partial charge >= 0.3 is 0 Å². The Morgan fingerprint density at radius 1 is 0.316 bits per heavy atom. The third kappa shape index (κ3) is 4.72. The van der Waals surface area contributed by atoms with Gasteiger partial charge in [-0.2, -0.15) is 0 Å². The number of aromatic nitrogens is 3. The summed E-state index contributed by atoms with van der Waals surface area (Å²) in [6.45, 7) is 0. The third-order valence-corrected chi connectivity index (χ3v) is 11.6. The average molecular weight is 730 g/mol. The molecule has 0 N–H and O–H groups in total. The fourth-order valence-corrected chi connectivity index (χ4v) is 9.08. The van der Waals surface area contributed by atoms with Crippen LogP contribution in [0.3, 0.4) is 0 Å². The van der Waals surface area contributed by atoms with Crippen LogP contribution in [0.1, 0.15) is 22.3 Å². The van der Waals surface area contributed by atoms with Gasteiger partial charge in [0.15, 0.2) is 17.5 Å². The highest BCUT2D eigenvalue weighted by atomic mass is 16.3. The summed E-state index contributed by atoms with van der Waals surface area (Å²) in [5.74, 6) is 1.70. The molecular formula is C52H31N3O2. The molecule has 0 bridgehead atoms. The van der Waals surface area contributed by atoms with Gasteiger partial charge in [0.1, 0.15) is 22.3 Å². The molecule has 5 heteroatoms. The molecular weight excluding hydrogens is 699 g/mol. The summed E-state index contributed by atoms with van der Waals surface area (Å²) in [5, 5.41) is 4.26. The number of benzene rings is 8. The van der Waals surface area contributed by atoms with Crippen molar-refractivity contribution >= 4 is 43.9 Å². The molecule has 0 unspecified atom stereocenters. The van der Waals surface area contributed by atoms with Crippen molar-refractivity contribution in [2.45, 2.75) is 5.41 Å². The summed E-state index contributed by atoms with van der Waals surface area (Å²) in [6, 6.07) is 65.8. The zero-order valence-corrected chi connectivity index (χ0v) is 30.6. The minimum Gasteiger partial charge on any atom is -0.456 e. The average Bonchev–Trinajstić information content (AvgIpc) is 3.94. The van der Waals surface area contributed by atoms with Crippen LogP contribution in [0, 0.1) is 0 Å². The smallest absolute Gasteiger partial charge is 0.164 e. The van der Waals surface area contributed by atoms with Crippen LogP contribution in [-0.4, -0.2) is 15.0 Å². The van der Waals surface area contributed by atoms with Gasteiger partial charge in [-0.15, -0.1) is 0 Å². The van der Waals surface area contributed by atoms with E-state index in [1.165, 1.54) is 33.4 Å². The number of rotatable bonds is 5. The lowest BCUT2D eigenvalue weighted by Crippen LogP contribution is -2.28. The normalized spacial score (nSPS) is 13.1. The maximum atomic E-state index is 6.33. The van der Waals surface area contributed by atoms with Crippen molar-refractivity contribution in [2.24, 2.45) is 0 Å². The first-order valence-electron chi connectivity index (χ1n) is 19.2. The van der Waals surface area contributed by atoms with Crippen LogP contribution in [-0.2, 0) is 5.41 Å². The van der Waals surface area contributed by atoms with Gasteiger partial charge in [0.2, 0.25) is 0 Å². The largest absolute Gasteiger partial charge is 0.456 e. The predicted molar refractivity (Wildman–Crippen MR) is 228 cm³/mol. The molecule has 8 aromatic carbocycles. The van der Waals surface area contributed by atoms with Crippen LogP contribution in [0.5, 0.6) is 0 Å². The second-order valence-corrected chi connectivity index (χ2v) is 14.7. The maximum absolute atomic E-state index is 6.33. The SMILES string of the molecule is c1ccc(C2(c3ccccc3)c3ccccc3-c3ccc(-c4nc(-c5ccc6c(c5)oc5ccccc56)nc(-c5ccc6c(c5)oc5ccccc56)n4)cc32)cc1. The number of hydrogen-bond acceptors (Lipinski definition) is 5. The van der Waals surface area contributed by atoms with Gasteiger partial charge in [-0.1, -0.05) is 146 Å². The Morgan fingerprint density at radius 3 is 1.30 bits per heavy atom. The molecule has 1 aliphatic carbocycles. The van der Waals surface area contributed by atoms with Crippen molar-refractivity contribution in [3.8, 4) is 45.3 Å². The van der Waals surface area contributed by atoms with E-state index in [4.69, 9.17) is 23.8 Å². The molecule has 3 heterocycles. The molecule has 0 fully saturated rings. The maximum Gasteiger partial charge on any atom is 0.164 e. The number of hydrogen-bond donors (Lipinski definition) is 0. The summed E-state index contributed by atoms with van der Waals surface area (Å²) in [7, 11) is 0. The monoisotopic (exact) mass is 729 g/mol. The summed E-state index contributed by atoms with van der Waals surface area (Å²) in [6.07, 6.45) is 0. The van der Waals surface area contributed by atoms with Gasteiger partial charge in [0.05, 0.1) is 5.41 Å². The molecule has 0 amide bonds. The molecule has 0 saturated heterocycles. The second-order valence-electron chi connectivity index (χ2n) is 14.7. The Balaban J connectivity index is 1.10. The Bertz CT molecular complexity index is 3190. The molecule has 11 aromatic rings. The van der Waals surface area contributed by atoms with Crippen molar-refractivity contribution in [1.29, 1.82) is 0 Å². The Labute approximate surface area is 327 Å². The molecule has 0 radical (unpaired) electrons. The van der Waals surface area contributed by atoms with Gasteiger partial charge in [0.25, 0.3) is 0 Å². The molecule has 12 rings (SSSR count). The van der Waals surface area contributed by atoms with Crippen LogP contribution in [0.25, 0.3) is 89.2 Å². The van der Waals surface area contributed by atoms with E-state index < -0.39 is 5.41 Å². The van der Waals surface area contributed by atoms with Crippen molar-refractivity contribution < 1.29 is 8.83 Å². The molecule has 0 atom stereocenters. The second kappa shape index (κ2) is 12.2. The lowest BCUT2D eigenvalue weighted by atomic mass is 9.67. The van der Waals surface area contributed by atoms with E-state index in [0.717, 1.165) is 60.6 Å². The molecule has 3 aromatic heterocycles. The number of para-hydroxylation sites is 2. The van der Waals surface area contributed by atoms with Crippen molar-refractivity contribution in [3.63, 3.8) is 0 Å². The molecule has 0 spiro atoms. The number of furan rings is 2. The van der Waals surface area contributed by atoms with E-state index >= 15 is 0 Å². The summed E-state index contributed by atoms with van der Waals surface area (Å²) in [4.78, 5) is 15.6. The lowest BCUT2D eigenvalue weighted by molar-refractivity contribution is 0.668. The molecule has 57 heavy (non-hydrogen) atoms. The number of fused-ring (bicyclic) bond motifs is 9. The highest BCUT2D eigenvalue weighted by molar-refractivity contribution is 6.07. The quantitative estimate of drug-likeness (QED) is 0.176. The van der Waals surface area contributed by atoms with Gasteiger partial charge < -0.3 is 8.83 Å². The Kier molecular flexibility index (Phi) is 6.78. The van der Waals surface area contributed by atoms with Gasteiger partial charge in [-0.25, -0.2) is 15.0 Å². The van der Waals surface area contributed by atoms with Crippen molar-refractivity contribution in [2.75, 3.05) is 0 Å². The van der Waals surface area contributed by atoms with E-state index in [9.17, 15) is 0 Å². The van der Waals surface area contributed by atoms with Gasteiger partial charge in [-0.05, 0) is 75.8 Å². The molecule has 266 valence electrons. The predicted octanol–water partition coefficient (Wildman–Crippen LogP) is 13.0. The van der Waals surface area contributed by atoms with Crippen LogP contribution in [0.2, 0.25) is 0 Å². The van der Waals surface area contributed by atoms with Crippen molar-refractivity contribution in [3.05, 3.63) is 210 Å². The van der Waals surface area contributed by atoms with E-state index in [1.807, 2.05) is 48.5 Å². The minimum absolute atomic E-state index is 0.554. The standard InChI is InChI=1S/C52H31N3O2/c1-3-13-35(14-4-1)52(36-15-5-2-6-16-36)43-20-10-7-17-37(43)38-26-23-32(29-44(38)52)49-53-50(33-24-27-41-39-18-8-11-21-45(39)56-47(41)30-33)55-51(54-49)34-25-28-42-40-19-9-12-22-46(40)57-48(42)31-34/h1-31H. The first-order valence-corrected chi connectivity index (χ1v) is 19.2. The summed E-state index contributed by atoms with van der Waals surface area (Å²) < 4.78 is 12.7. The fraction of sp³-hybridized carbons (Fsp3) is 0.0192. The Morgan fingerprint density at radius 2 is 0.737 bits per heavy atom. The Hall–Kier alpha value is -7.63. The van der Waals surface area contributed by atoms with Gasteiger partial charge in [-0.3, -0.25) is 0 Å². The van der Waals surface area contributed by atoms with Crippen LogP contribution >= 0.6 is 0 Å². The van der Waals surface area contributed by atoms with Crippen LogP contribution < -0.4 is 0 Å². The van der Waals surface area contributed by atoms with E-state index in [-0.39, 0.29) is 0 Å². The molecule has 5 nitrogen and oxygen atoms in total. The fourth-order valence-electron chi connectivity index (χ4n) is 9.08. The first kappa shape index (κ1) is 31.7. The van der Waals surface area contributed by atoms with E-state index in [0.29, 0.717) is 17.5 Å². The highest BCUT2D eigenvalue weighted by Gasteiger charge is 2.46. The number of nitrogens with zero attached hydrogens (tertiary/aromatic N) is 3.